The number of hydrogen-bond acceptors (Lipinski definition) is 1. The van der Waals surface area contributed by atoms with Crippen LogP contribution in [0.4, 0.5) is 0 Å². The fourth-order valence-electron chi connectivity index (χ4n) is 2.74. The number of aryl methyl sites for hydroxylation is 1. The van der Waals surface area contributed by atoms with Crippen LogP contribution < -0.4 is 0 Å². The number of halogens is 1. The van der Waals surface area contributed by atoms with Crippen LogP contribution >= 0.6 is 15.9 Å². The number of methoxy groups -OCH3 is 1. The van der Waals surface area contributed by atoms with E-state index in [1.54, 1.807) is 0 Å². The molecular formula is C15H21BrO. The van der Waals surface area contributed by atoms with E-state index in [0.29, 0.717) is 6.10 Å². The minimum Gasteiger partial charge on any atom is -0.381 e. The second kappa shape index (κ2) is 6.01. The van der Waals surface area contributed by atoms with Crippen molar-refractivity contribution in [3.63, 3.8) is 0 Å². The van der Waals surface area contributed by atoms with E-state index in [9.17, 15) is 0 Å². The molecule has 0 unspecified atom stereocenters. The third-order valence-corrected chi connectivity index (χ3v) is 4.44. The molecule has 1 fully saturated rings. The number of rotatable bonds is 3. The predicted molar refractivity (Wildman–Crippen MR) is 75.3 cm³/mol. The highest BCUT2D eigenvalue weighted by Crippen LogP contribution is 2.30. The minimum atomic E-state index is 0.509. The Morgan fingerprint density at radius 2 is 1.94 bits per heavy atom. The lowest BCUT2D eigenvalue weighted by atomic mass is 9.82. The monoisotopic (exact) mass is 296 g/mol. The molecule has 2 heteroatoms. The van der Waals surface area contributed by atoms with Crippen LogP contribution in [0.1, 0.15) is 36.8 Å². The summed E-state index contributed by atoms with van der Waals surface area (Å²) in [5, 5.41) is 0. The molecule has 0 N–H and O–H groups in total. The van der Waals surface area contributed by atoms with Gasteiger partial charge in [0.2, 0.25) is 0 Å². The van der Waals surface area contributed by atoms with Gasteiger partial charge in [-0.1, -0.05) is 22.0 Å². The van der Waals surface area contributed by atoms with Crippen molar-refractivity contribution in [2.75, 3.05) is 7.11 Å². The Hall–Kier alpha value is -0.340. The molecule has 0 radical (unpaired) electrons. The third-order valence-electron chi connectivity index (χ3n) is 3.95. The van der Waals surface area contributed by atoms with E-state index < -0.39 is 0 Å². The lowest BCUT2D eigenvalue weighted by molar-refractivity contribution is 0.0568. The Bertz CT molecular complexity index is 367. The number of ether oxygens (including phenoxy) is 1. The number of hydrogen-bond donors (Lipinski definition) is 0. The highest BCUT2D eigenvalue weighted by molar-refractivity contribution is 9.10. The smallest absolute Gasteiger partial charge is 0.0571 e. The molecule has 0 saturated heterocycles. The molecule has 1 aliphatic carbocycles. The SMILES string of the molecule is COC1CCC(Cc2cc(Br)ccc2C)CC1. The van der Waals surface area contributed by atoms with Gasteiger partial charge < -0.3 is 4.74 Å². The van der Waals surface area contributed by atoms with E-state index in [1.807, 2.05) is 7.11 Å². The second-order valence-corrected chi connectivity index (χ2v) is 6.07. The van der Waals surface area contributed by atoms with E-state index in [2.05, 4.69) is 41.1 Å². The zero-order chi connectivity index (χ0) is 12.3. The molecule has 0 aliphatic heterocycles. The summed E-state index contributed by atoms with van der Waals surface area (Å²) in [6.45, 7) is 2.21. The van der Waals surface area contributed by atoms with Crippen molar-refractivity contribution in [1.29, 1.82) is 0 Å². The van der Waals surface area contributed by atoms with Crippen molar-refractivity contribution in [1.82, 2.24) is 0 Å². The molecule has 2 rings (SSSR count). The van der Waals surface area contributed by atoms with Gasteiger partial charge in [-0.2, -0.15) is 0 Å². The maximum atomic E-state index is 5.43. The minimum absolute atomic E-state index is 0.509. The van der Waals surface area contributed by atoms with E-state index in [4.69, 9.17) is 4.74 Å². The summed E-state index contributed by atoms with van der Waals surface area (Å²) >= 11 is 3.56. The van der Waals surface area contributed by atoms with Gasteiger partial charge in [-0.3, -0.25) is 0 Å². The van der Waals surface area contributed by atoms with E-state index >= 15 is 0 Å². The first-order chi connectivity index (χ1) is 8.19. The van der Waals surface area contributed by atoms with E-state index in [1.165, 1.54) is 47.7 Å². The van der Waals surface area contributed by atoms with Gasteiger partial charge in [0.15, 0.2) is 0 Å². The standard InChI is InChI=1S/C15H21BrO/c1-11-3-6-14(16)10-13(11)9-12-4-7-15(17-2)8-5-12/h3,6,10,12,15H,4-5,7-9H2,1-2H3. The van der Waals surface area contributed by atoms with E-state index in [0.717, 1.165) is 5.92 Å². The van der Waals surface area contributed by atoms with Crippen molar-refractivity contribution in [2.45, 2.75) is 45.1 Å². The summed E-state index contributed by atoms with van der Waals surface area (Å²) in [5.74, 6) is 0.842. The molecule has 0 bridgehead atoms. The molecule has 1 aromatic rings. The highest BCUT2D eigenvalue weighted by atomic mass is 79.9. The predicted octanol–water partition coefficient (Wildman–Crippen LogP) is 4.51. The Labute approximate surface area is 113 Å². The summed E-state index contributed by atoms with van der Waals surface area (Å²) in [6.07, 6.45) is 6.81. The fraction of sp³-hybridized carbons (Fsp3) is 0.600. The second-order valence-electron chi connectivity index (χ2n) is 5.15. The molecule has 1 aliphatic rings. The molecule has 1 nitrogen and oxygen atoms in total. The molecule has 1 aromatic carbocycles. The van der Waals surface area contributed by atoms with Crippen LogP contribution in [-0.4, -0.2) is 13.2 Å². The van der Waals surface area contributed by atoms with Gasteiger partial charge in [-0.25, -0.2) is 0 Å². The summed E-state index contributed by atoms with van der Waals surface area (Å²) in [7, 11) is 1.84. The maximum absolute atomic E-state index is 5.43. The molecule has 94 valence electrons. The zero-order valence-electron chi connectivity index (χ0n) is 10.7. The lowest BCUT2D eigenvalue weighted by Gasteiger charge is -2.28. The Balaban J connectivity index is 1.95. The normalized spacial score (nSPS) is 24.9. The molecule has 0 atom stereocenters. The van der Waals surface area contributed by atoms with Gasteiger partial charge in [0.05, 0.1) is 6.10 Å². The number of benzene rings is 1. The Morgan fingerprint density at radius 3 is 2.59 bits per heavy atom. The highest BCUT2D eigenvalue weighted by Gasteiger charge is 2.21. The molecule has 0 amide bonds. The van der Waals surface area contributed by atoms with Gasteiger partial charge in [-0.05, 0) is 68.2 Å². The molecule has 0 heterocycles. The van der Waals surface area contributed by atoms with Crippen molar-refractivity contribution in [3.05, 3.63) is 33.8 Å². The van der Waals surface area contributed by atoms with Crippen LogP contribution in [0.3, 0.4) is 0 Å². The lowest BCUT2D eigenvalue weighted by Crippen LogP contribution is -2.21. The molecule has 0 aromatic heterocycles. The first-order valence-electron chi connectivity index (χ1n) is 6.47. The maximum Gasteiger partial charge on any atom is 0.0571 e. The third kappa shape index (κ3) is 3.56. The zero-order valence-corrected chi connectivity index (χ0v) is 12.3. The average Bonchev–Trinajstić information content (AvgIpc) is 2.35. The van der Waals surface area contributed by atoms with Gasteiger partial charge in [-0.15, -0.1) is 0 Å². The summed E-state index contributed by atoms with van der Waals surface area (Å²) in [5.41, 5.74) is 2.92. The largest absolute Gasteiger partial charge is 0.381 e. The van der Waals surface area contributed by atoms with Crippen LogP contribution in [0.25, 0.3) is 0 Å². The summed E-state index contributed by atoms with van der Waals surface area (Å²) in [4.78, 5) is 0. The average molecular weight is 297 g/mol. The van der Waals surface area contributed by atoms with Crippen molar-refractivity contribution >= 4 is 15.9 Å². The fourth-order valence-corrected chi connectivity index (χ4v) is 3.15. The first kappa shape index (κ1) is 13.1. The Morgan fingerprint density at radius 1 is 1.24 bits per heavy atom. The summed E-state index contributed by atoms with van der Waals surface area (Å²) < 4.78 is 6.62. The molecular weight excluding hydrogens is 276 g/mol. The van der Waals surface area contributed by atoms with E-state index in [-0.39, 0.29) is 0 Å². The molecule has 1 saturated carbocycles. The van der Waals surface area contributed by atoms with Crippen molar-refractivity contribution < 1.29 is 4.74 Å². The van der Waals surface area contributed by atoms with Crippen LogP contribution in [0.2, 0.25) is 0 Å². The van der Waals surface area contributed by atoms with Crippen molar-refractivity contribution in [3.8, 4) is 0 Å². The van der Waals surface area contributed by atoms with Crippen LogP contribution in [0.5, 0.6) is 0 Å². The first-order valence-corrected chi connectivity index (χ1v) is 7.26. The van der Waals surface area contributed by atoms with Crippen LogP contribution in [-0.2, 0) is 11.2 Å². The Kier molecular flexibility index (Phi) is 4.63. The van der Waals surface area contributed by atoms with Gasteiger partial charge in [0.25, 0.3) is 0 Å². The van der Waals surface area contributed by atoms with Gasteiger partial charge >= 0.3 is 0 Å². The van der Waals surface area contributed by atoms with Crippen LogP contribution in [0.15, 0.2) is 22.7 Å². The quantitative estimate of drug-likeness (QED) is 0.798. The topological polar surface area (TPSA) is 9.23 Å². The van der Waals surface area contributed by atoms with Crippen molar-refractivity contribution in [2.24, 2.45) is 5.92 Å². The molecule has 17 heavy (non-hydrogen) atoms. The van der Waals surface area contributed by atoms with Gasteiger partial charge in [0, 0.05) is 11.6 Å². The van der Waals surface area contributed by atoms with Gasteiger partial charge in [0.1, 0.15) is 0 Å². The summed E-state index contributed by atoms with van der Waals surface area (Å²) in [6, 6.07) is 6.61. The van der Waals surface area contributed by atoms with Crippen LogP contribution in [0, 0.1) is 12.8 Å². The molecule has 0 spiro atoms.